The summed E-state index contributed by atoms with van der Waals surface area (Å²) in [5.74, 6) is 0.847. The third-order valence-electron chi connectivity index (χ3n) is 3.78. The van der Waals surface area contributed by atoms with Gasteiger partial charge >= 0.3 is 6.09 Å². The molecule has 8 nitrogen and oxygen atoms in total. The minimum atomic E-state index is -0.483. The van der Waals surface area contributed by atoms with Crippen molar-refractivity contribution in [2.45, 2.75) is 39.3 Å². The molecule has 1 fully saturated rings. The molecule has 0 bridgehead atoms. The zero-order chi connectivity index (χ0) is 16.6. The molecule has 3 rings (SSSR count). The lowest BCUT2D eigenvalue weighted by Gasteiger charge is -2.40. The first kappa shape index (κ1) is 15.5. The van der Waals surface area contributed by atoms with E-state index in [9.17, 15) is 4.79 Å². The van der Waals surface area contributed by atoms with Crippen LogP contribution in [0.4, 0.5) is 10.6 Å². The molecule has 0 spiro atoms. The first-order valence-corrected chi connectivity index (χ1v) is 7.74. The topological polar surface area (TPSA) is 87.2 Å². The fraction of sp³-hybridized carbons (Fsp3) is 0.600. The van der Waals surface area contributed by atoms with Crippen LogP contribution in [0.25, 0.3) is 11.0 Å². The summed E-state index contributed by atoms with van der Waals surface area (Å²) in [7, 11) is 0. The summed E-state index contributed by atoms with van der Waals surface area (Å²) in [6.45, 7) is 9.63. The van der Waals surface area contributed by atoms with Crippen molar-refractivity contribution in [3.05, 3.63) is 12.5 Å². The SMILES string of the molecule is C[C@@H]1CN(c2ncnc3[nH]ncc23)CCN1C(=O)OC(C)(C)C. The molecule has 8 heteroatoms. The smallest absolute Gasteiger partial charge is 0.410 e. The van der Waals surface area contributed by atoms with Crippen LogP contribution in [0.1, 0.15) is 27.7 Å². The highest BCUT2D eigenvalue weighted by atomic mass is 16.6. The van der Waals surface area contributed by atoms with Crippen LogP contribution in [0.15, 0.2) is 12.5 Å². The van der Waals surface area contributed by atoms with Gasteiger partial charge in [0.05, 0.1) is 11.6 Å². The number of aromatic nitrogens is 4. The molecule has 1 aliphatic rings. The van der Waals surface area contributed by atoms with Gasteiger partial charge in [-0.05, 0) is 27.7 Å². The van der Waals surface area contributed by atoms with Crippen molar-refractivity contribution in [3.8, 4) is 0 Å². The lowest BCUT2D eigenvalue weighted by Crippen LogP contribution is -2.55. The molecule has 0 radical (unpaired) electrons. The van der Waals surface area contributed by atoms with Crippen molar-refractivity contribution >= 4 is 22.9 Å². The highest BCUT2D eigenvalue weighted by Crippen LogP contribution is 2.24. The molecule has 0 unspecified atom stereocenters. The molecular formula is C15H22N6O2. The number of fused-ring (bicyclic) bond motifs is 1. The van der Waals surface area contributed by atoms with Crippen LogP contribution in [0, 0.1) is 0 Å². The monoisotopic (exact) mass is 318 g/mol. The molecule has 23 heavy (non-hydrogen) atoms. The van der Waals surface area contributed by atoms with E-state index in [4.69, 9.17) is 4.74 Å². The van der Waals surface area contributed by atoms with Crippen molar-refractivity contribution in [2.24, 2.45) is 0 Å². The van der Waals surface area contributed by atoms with Gasteiger partial charge in [0.25, 0.3) is 0 Å². The second kappa shape index (κ2) is 5.68. The third kappa shape index (κ3) is 3.20. The molecule has 1 N–H and O–H groups in total. The molecule has 124 valence electrons. The number of hydrogen-bond donors (Lipinski definition) is 1. The molecule has 1 amide bonds. The predicted octanol–water partition coefficient (Wildman–Crippen LogP) is 1.80. The van der Waals surface area contributed by atoms with Gasteiger partial charge in [0.2, 0.25) is 0 Å². The maximum Gasteiger partial charge on any atom is 0.410 e. The minimum Gasteiger partial charge on any atom is -0.444 e. The zero-order valence-corrected chi connectivity index (χ0v) is 13.9. The van der Waals surface area contributed by atoms with Crippen LogP contribution in [-0.2, 0) is 4.74 Å². The number of rotatable bonds is 1. The summed E-state index contributed by atoms with van der Waals surface area (Å²) < 4.78 is 5.47. The molecule has 1 atom stereocenters. The van der Waals surface area contributed by atoms with Crippen molar-refractivity contribution in [1.29, 1.82) is 0 Å². The normalized spacial score (nSPS) is 19.2. The summed E-state index contributed by atoms with van der Waals surface area (Å²) in [5, 5.41) is 7.77. The van der Waals surface area contributed by atoms with E-state index in [-0.39, 0.29) is 12.1 Å². The highest BCUT2D eigenvalue weighted by molar-refractivity contribution is 5.86. The molecule has 1 aliphatic heterocycles. The van der Waals surface area contributed by atoms with Crippen molar-refractivity contribution < 1.29 is 9.53 Å². The largest absolute Gasteiger partial charge is 0.444 e. The van der Waals surface area contributed by atoms with Crippen LogP contribution >= 0.6 is 0 Å². The molecule has 0 aliphatic carbocycles. The Kier molecular flexibility index (Phi) is 3.83. The van der Waals surface area contributed by atoms with Gasteiger partial charge in [0.1, 0.15) is 17.7 Å². The fourth-order valence-corrected chi connectivity index (χ4v) is 2.75. The number of hydrogen-bond acceptors (Lipinski definition) is 6. The molecule has 0 aromatic carbocycles. The van der Waals surface area contributed by atoms with Crippen LogP contribution in [-0.4, -0.2) is 62.4 Å². The number of carbonyl (C=O) groups is 1. The molecule has 0 saturated carbocycles. The first-order valence-electron chi connectivity index (χ1n) is 7.74. The van der Waals surface area contributed by atoms with Gasteiger partial charge in [0.15, 0.2) is 5.65 Å². The second-order valence-electron chi connectivity index (χ2n) is 6.80. The number of ether oxygens (including phenoxy) is 1. The molecule has 3 heterocycles. The Morgan fingerprint density at radius 3 is 2.83 bits per heavy atom. The van der Waals surface area contributed by atoms with E-state index >= 15 is 0 Å². The average Bonchev–Trinajstić information content (AvgIpc) is 2.93. The quantitative estimate of drug-likeness (QED) is 0.862. The van der Waals surface area contributed by atoms with Crippen LogP contribution < -0.4 is 4.90 Å². The van der Waals surface area contributed by atoms with Gasteiger partial charge in [-0.3, -0.25) is 5.10 Å². The van der Waals surface area contributed by atoms with Crippen molar-refractivity contribution in [3.63, 3.8) is 0 Å². The zero-order valence-electron chi connectivity index (χ0n) is 13.9. The summed E-state index contributed by atoms with van der Waals surface area (Å²) in [6.07, 6.45) is 3.00. The number of aromatic amines is 1. The average molecular weight is 318 g/mol. The van der Waals surface area contributed by atoms with Crippen molar-refractivity contribution in [1.82, 2.24) is 25.1 Å². The fourth-order valence-electron chi connectivity index (χ4n) is 2.75. The number of nitrogens with zero attached hydrogens (tertiary/aromatic N) is 5. The molecule has 2 aromatic heterocycles. The van der Waals surface area contributed by atoms with Gasteiger partial charge in [-0.15, -0.1) is 0 Å². The number of amides is 1. The number of nitrogens with one attached hydrogen (secondary N) is 1. The summed E-state index contributed by atoms with van der Waals surface area (Å²) in [6, 6.07) is 0.0375. The number of piperazine rings is 1. The number of H-pyrrole nitrogens is 1. The van der Waals surface area contributed by atoms with E-state index in [1.54, 1.807) is 11.1 Å². The van der Waals surface area contributed by atoms with E-state index < -0.39 is 5.60 Å². The summed E-state index contributed by atoms with van der Waals surface area (Å²) in [4.78, 5) is 24.8. The Morgan fingerprint density at radius 1 is 1.35 bits per heavy atom. The van der Waals surface area contributed by atoms with E-state index in [1.165, 1.54) is 6.33 Å². The van der Waals surface area contributed by atoms with Gasteiger partial charge in [-0.25, -0.2) is 14.8 Å². The molecule has 1 saturated heterocycles. The maximum absolute atomic E-state index is 12.3. The number of carbonyl (C=O) groups excluding carboxylic acids is 1. The Morgan fingerprint density at radius 2 is 2.13 bits per heavy atom. The predicted molar refractivity (Wildman–Crippen MR) is 86.3 cm³/mol. The van der Waals surface area contributed by atoms with Crippen molar-refractivity contribution in [2.75, 3.05) is 24.5 Å². The van der Waals surface area contributed by atoms with E-state index in [1.807, 2.05) is 27.7 Å². The van der Waals surface area contributed by atoms with Crippen LogP contribution in [0.3, 0.4) is 0 Å². The standard InChI is InChI=1S/C15H22N6O2/c1-10-8-20(5-6-21(10)14(22)23-15(2,3)4)13-11-7-18-19-12(11)16-9-17-13/h7,9-10H,5-6,8H2,1-4H3,(H,16,17,18,19)/t10-/m1/s1. The van der Waals surface area contributed by atoms with Crippen LogP contribution in [0.2, 0.25) is 0 Å². The van der Waals surface area contributed by atoms with E-state index in [0.717, 1.165) is 16.9 Å². The Hall–Kier alpha value is -2.38. The van der Waals surface area contributed by atoms with E-state index in [0.29, 0.717) is 19.6 Å². The summed E-state index contributed by atoms with van der Waals surface area (Å²) >= 11 is 0. The van der Waals surface area contributed by atoms with Gasteiger partial charge < -0.3 is 14.5 Å². The van der Waals surface area contributed by atoms with E-state index in [2.05, 4.69) is 25.1 Å². The number of anilines is 1. The lowest BCUT2D eigenvalue weighted by atomic mass is 10.2. The second-order valence-corrected chi connectivity index (χ2v) is 6.80. The summed E-state index contributed by atoms with van der Waals surface area (Å²) in [5.41, 5.74) is 0.237. The third-order valence-corrected chi connectivity index (χ3v) is 3.78. The highest BCUT2D eigenvalue weighted by Gasteiger charge is 2.31. The van der Waals surface area contributed by atoms with Gasteiger partial charge in [0, 0.05) is 25.7 Å². The Balaban J connectivity index is 1.74. The molecular weight excluding hydrogens is 296 g/mol. The van der Waals surface area contributed by atoms with Crippen LogP contribution in [0.5, 0.6) is 0 Å². The molecule has 2 aromatic rings. The van der Waals surface area contributed by atoms with Gasteiger partial charge in [-0.2, -0.15) is 5.10 Å². The lowest BCUT2D eigenvalue weighted by molar-refractivity contribution is 0.0159. The maximum atomic E-state index is 12.3. The Labute approximate surface area is 134 Å². The minimum absolute atomic E-state index is 0.0375. The first-order chi connectivity index (χ1) is 10.8. The Bertz CT molecular complexity index is 707. The van der Waals surface area contributed by atoms with Gasteiger partial charge in [-0.1, -0.05) is 0 Å².